The summed E-state index contributed by atoms with van der Waals surface area (Å²) in [6.45, 7) is 6.48. The minimum Gasteiger partial charge on any atom is -0.380 e. The van der Waals surface area contributed by atoms with Crippen LogP contribution in [-0.4, -0.2) is 72.5 Å². The van der Waals surface area contributed by atoms with E-state index in [-0.39, 0.29) is 30.6 Å². The van der Waals surface area contributed by atoms with E-state index in [9.17, 15) is 23.1 Å². The Morgan fingerprint density at radius 2 is 1.78 bits per heavy atom. The molecule has 1 aliphatic rings. The summed E-state index contributed by atoms with van der Waals surface area (Å²) in [7, 11) is 3.89. The fraction of sp³-hybridized carbons (Fsp3) is 0.933. The maximum Gasteiger partial charge on any atom is 0.417 e. The molecule has 1 rings (SSSR count). The molecule has 0 unspecified atom stereocenters. The van der Waals surface area contributed by atoms with Gasteiger partial charge >= 0.3 is 12.2 Å². The number of hydrogen-bond donors (Lipinski definition) is 2. The number of aliphatic hydroxyl groups is 1. The molecular formula is C15H28F3N3O2. The van der Waals surface area contributed by atoms with Crippen molar-refractivity contribution in [3.05, 3.63) is 0 Å². The van der Waals surface area contributed by atoms with Crippen LogP contribution in [0.25, 0.3) is 0 Å². The average molecular weight is 339 g/mol. The van der Waals surface area contributed by atoms with E-state index < -0.39 is 24.6 Å². The molecule has 1 fully saturated rings. The molecule has 0 bridgehead atoms. The molecule has 0 aromatic heterocycles. The van der Waals surface area contributed by atoms with Crippen LogP contribution in [0.3, 0.4) is 0 Å². The van der Waals surface area contributed by atoms with Crippen LogP contribution in [0.2, 0.25) is 0 Å². The highest BCUT2D eigenvalue weighted by atomic mass is 19.4. The Kier molecular flexibility index (Phi) is 5.96. The SMILES string of the molecule is C[C@H](NC(=O)N1CCC(O)(C(F)(F)F)CC1)C(C)(C)CN(C)C. The molecule has 0 aromatic rings. The van der Waals surface area contributed by atoms with E-state index in [1.807, 2.05) is 39.8 Å². The maximum atomic E-state index is 12.8. The first-order valence-corrected chi connectivity index (χ1v) is 7.78. The molecule has 0 saturated carbocycles. The van der Waals surface area contributed by atoms with E-state index in [2.05, 4.69) is 5.32 Å². The minimum absolute atomic E-state index is 0.108. The highest BCUT2D eigenvalue weighted by Crippen LogP contribution is 2.38. The van der Waals surface area contributed by atoms with Crippen LogP contribution < -0.4 is 5.32 Å². The fourth-order valence-corrected chi connectivity index (χ4v) is 2.79. The molecular weight excluding hydrogens is 311 g/mol. The number of piperidine rings is 1. The molecule has 2 N–H and O–H groups in total. The summed E-state index contributed by atoms with van der Waals surface area (Å²) in [5.74, 6) is 0. The van der Waals surface area contributed by atoms with Gasteiger partial charge in [0, 0.05) is 38.5 Å². The van der Waals surface area contributed by atoms with Gasteiger partial charge in [0.05, 0.1) is 0 Å². The number of alkyl halides is 3. The van der Waals surface area contributed by atoms with Gasteiger partial charge in [-0.3, -0.25) is 0 Å². The van der Waals surface area contributed by atoms with E-state index in [0.717, 1.165) is 6.54 Å². The quantitative estimate of drug-likeness (QED) is 0.824. The highest BCUT2D eigenvalue weighted by molar-refractivity contribution is 5.74. The normalized spacial score (nSPS) is 20.5. The Balaban J connectivity index is 2.58. The van der Waals surface area contributed by atoms with Crippen molar-refractivity contribution < 1.29 is 23.1 Å². The molecule has 8 heteroatoms. The van der Waals surface area contributed by atoms with Gasteiger partial charge in [0.15, 0.2) is 5.60 Å². The lowest BCUT2D eigenvalue weighted by Gasteiger charge is -2.40. The van der Waals surface area contributed by atoms with Crippen LogP contribution in [0.4, 0.5) is 18.0 Å². The van der Waals surface area contributed by atoms with Crippen molar-refractivity contribution in [2.45, 2.75) is 51.4 Å². The van der Waals surface area contributed by atoms with Gasteiger partial charge in [-0.25, -0.2) is 4.79 Å². The molecule has 0 radical (unpaired) electrons. The molecule has 136 valence electrons. The minimum atomic E-state index is -4.66. The van der Waals surface area contributed by atoms with E-state index in [4.69, 9.17) is 0 Å². The predicted octanol–water partition coefficient (Wildman–Crippen LogP) is 2.06. The van der Waals surface area contributed by atoms with Gasteiger partial charge in [0.2, 0.25) is 0 Å². The summed E-state index contributed by atoms with van der Waals surface area (Å²) in [6, 6.07) is -0.519. The predicted molar refractivity (Wildman–Crippen MR) is 82.1 cm³/mol. The number of carbonyl (C=O) groups is 1. The summed E-state index contributed by atoms with van der Waals surface area (Å²) in [4.78, 5) is 15.6. The second-order valence-electron chi connectivity index (χ2n) is 7.41. The number of nitrogens with one attached hydrogen (secondary N) is 1. The lowest BCUT2D eigenvalue weighted by atomic mass is 9.85. The Morgan fingerprint density at radius 1 is 1.30 bits per heavy atom. The number of amides is 2. The molecule has 2 amide bonds. The second kappa shape index (κ2) is 6.84. The Bertz CT molecular complexity index is 417. The third-order valence-electron chi connectivity index (χ3n) is 4.64. The first-order valence-electron chi connectivity index (χ1n) is 7.78. The van der Waals surface area contributed by atoms with Gasteiger partial charge < -0.3 is 20.2 Å². The van der Waals surface area contributed by atoms with E-state index in [1.54, 1.807) is 0 Å². The summed E-state index contributed by atoms with van der Waals surface area (Å²) in [5.41, 5.74) is -2.86. The molecule has 0 aromatic carbocycles. The van der Waals surface area contributed by atoms with E-state index in [1.165, 1.54) is 4.90 Å². The Hall–Kier alpha value is -1.02. The molecule has 1 heterocycles. The lowest BCUT2D eigenvalue weighted by Crippen LogP contribution is -2.57. The van der Waals surface area contributed by atoms with Gasteiger partial charge in [-0.2, -0.15) is 13.2 Å². The standard InChI is InChI=1S/C15H28F3N3O2/c1-11(13(2,3)10-20(4)5)19-12(22)21-8-6-14(23,7-9-21)15(16,17)18/h11,23H,6-10H2,1-5H3,(H,19,22)/t11-/m0/s1. The summed E-state index contributed by atoms with van der Waals surface area (Å²) >= 11 is 0. The van der Waals surface area contributed by atoms with Crippen molar-refractivity contribution in [1.29, 1.82) is 0 Å². The zero-order valence-corrected chi connectivity index (χ0v) is 14.5. The number of rotatable bonds is 4. The smallest absolute Gasteiger partial charge is 0.380 e. The van der Waals surface area contributed by atoms with Crippen LogP contribution in [0.5, 0.6) is 0 Å². The number of nitrogens with zero attached hydrogens (tertiary/aromatic N) is 2. The number of urea groups is 1. The van der Waals surface area contributed by atoms with Crippen LogP contribution in [0.15, 0.2) is 0 Å². The number of halogens is 3. The molecule has 1 aliphatic heterocycles. The molecule has 1 saturated heterocycles. The Labute approximate surface area is 135 Å². The third kappa shape index (κ3) is 4.97. The Morgan fingerprint density at radius 3 is 2.17 bits per heavy atom. The highest BCUT2D eigenvalue weighted by Gasteiger charge is 2.55. The second-order valence-corrected chi connectivity index (χ2v) is 7.41. The molecule has 23 heavy (non-hydrogen) atoms. The topological polar surface area (TPSA) is 55.8 Å². The summed E-state index contributed by atoms with van der Waals surface area (Å²) in [6.07, 6.45) is -5.63. The zero-order valence-electron chi connectivity index (χ0n) is 14.5. The van der Waals surface area contributed by atoms with Crippen molar-refractivity contribution in [3.8, 4) is 0 Å². The molecule has 0 spiro atoms. The molecule has 0 aliphatic carbocycles. The van der Waals surface area contributed by atoms with Crippen LogP contribution in [-0.2, 0) is 0 Å². The van der Waals surface area contributed by atoms with Crippen molar-refractivity contribution in [3.63, 3.8) is 0 Å². The van der Waals surface area contributed by atoms with Gasteiger partial charge in [-0.1, -0.05) is 13.8 Å². The van der Waals surface area contributed by atoms with Crippen molar-refractivity contribution in [2.24, 2.45) is 5.41 Å². The monoisotopic (exact) mass is 339 g/mol. The third-order valence-corrected chi connectivity index (χ3v) is 4.64. The van der Waals surface area contributed by atoms with Gasteiger partial charge in [-0.05, 0) is 26.4 Å². The molecule has 5 nitrogen and oxygen atoms in total. The largest absolute Gasteiger partial charge is 0.417 e. The van der Waals surface area contributed by atoms with Crippen molar-refractivity contribution >= 4 is 6.03 Å². The maximum absolute atomic E-state index is 12.8. The van der Waals surface area contributed by atoms with Crippen LogP contribution in [0, 0.1) is 5.41 Å². The molecule has 1 atom stereocenters. The number of carbonyl (C=O) groups excluding carboxylic acids is 1. The average Bonchev–Trinajstić information content (AvgIpc) is 2.36. The number of hydrogen-bond acceptors (Lipinski definition) is 3. The summed E-state index contributed by atoms with van der Waals surface area (Å²) in [5, 5.41) is 12.5. The fourth-order valence-electron chi connectivity index (χ4n) is 2.79. The van der Waals surface area contributed by atoms with Crippen molar-refractivity contribution in [1.82, 2.24) is 15.1 Å². The van der Waals surface area contributed by atoms with E-state index in [0.29, 0.717) is 0 Å². The number of likely N-dealkylation sites (tertiary alicyclic amines) is 1. The van der Waals surface area contributed by atoms with Gasteiger partial charge in [0.25, 0.3) is 0 Å². The summed E-state index contributed by atoms with van der Waals surface area (Å²) < 4.78 is 38.3. The van der Waals surface area contributed by atoms with Crippen molar-refractivity contribution in [2.75, 3.05) is 33.7 Å². The van der Waals surface area contributed by atoms with Crippen LogP contribution >= 0.6 is 0 Å². The van der Waals surface area contributed by atoms with Gasteiger partial charge in [0.1, 0.15) is 0 Å². The lowest BCUT2D eigenvalue weighted by molar-refractivity contribution is -0.271. The first-order chi connectivity index (χ1) is 10.3. The first kappa shape index (κ1) is 20.0. The van der Waals surface area contributed by atoms with Crippen LogP contribution in [0.1, 0.15) is 33.6 Å². The van der Waals surface area contributed by atoms with E-state index >= 15 is 0 Å². The van der Waals surface area contributed by atoms with Gasteiger partial charge in [-0.15, -0.1) is 0 Å². The zero-order chi connectivity index (χ0) is 18.1.